The molecule has 23 heavy (non-hydrogen) atoms. The first kappa shape index (κ1) is 13.7. The minimum Gasteiger partial charge on any atom is -0.462 e. The average molecular weight is 305 g/mol. The van der Waals surface area contributed by atoms with E-state index in [2.05, 4.69) is 38.5 Å². The highest BCUT2D eigenvalue weighted by Crippen LogP contribution is 2.38. The van der Waals surface area contributed by atoms with Gasteiger partial charge in [0.25, 0.3) is 6.02 Å². The van der Waals surface area contributed by atoms with Gasteiger partial charge in [-0.1, -0.05) is 18.2 Å². The molecule has 1 aliphatic carbocycles. The first-order valence-electron chi connectivity index (χ1n) is 7.54. The fourth-order valence-electron chi connectivity index (χ4n) is 3.38. The Morgan fingerprint density at radius 2 is 2.13 bits per heavy atom. The van der Waals surface area contributed by atoms with Gasteiger partial charge in [0.15, 0.2) is 6.19 Å². The van der Waals surface area contributed by atoms with Crippen molar-refractivity contribution in [2.45, 2.75) is 24.8 Å². The maximum Gasteiger partial charge on any atom is 0.298 e. The maximum absolute atomic E-state index is 8.73. The summed E-state index contributed by atoms with van der Waals surface area (Å²) in [5.74, 6) is 0. The van der Waals surface area contributed by atoms with Crippen molar-refractivity contribution in [2.24, 2.45) is 4.99 Å². The van der Waals surface area contributed by atoms with E-state index in [4.69, 9.17) is 10.00 Å². The van der Waals surface area contributed by atoms with Crippen molar-refractivity contribution >= 4 is 6.02 Å². The summed E-state index contributed by atoms with van der Waals surface area (Å²) < 4.78 is 5.54. The largest absolute Gasteiger partial charge is 0.462 e. The van der Waals surface area contributed by atoms with Gasteiger partial charge in [-0.05, 0) is 29.5 Å². The molecule has 114 valence electrons. The molecule has 1 aliphatic heterocycles. The van der Waals surface area contributed by atoms with Crippen LogP contribution < -0.4 is 5.32 Å². The van der Waals surface area contributed by atoms with Crippen molar-refractivity contribution in [3.8, 4) is 17.3 Å². The molecular weight excluding hydrogens is 290 g/mol. The van der Waals surface area contributed by atoms with E-state index in [1.54, 1.807) is 0 Å². The summed E-state index contributed by atoms with van der Waals surface area (Å²) in [5, 5.41) is 11.2. The molecule has 1 aromatic carbocycles. The molecular formula is C17H15N5O. The second-order valence-corrected chi connectivity index (χ2v) is 5.91. The van der Waals surface area contributed by atoms with Crippen molar-refractivity contribution in [3.05, 3.63) is 48.0 Å². The van der Waals surface area contributed by atoms with Crippen LogP contribution in [-0.2, 0) is 17.6 Å². The van der Waals surface area contributed by atoms with E-state index in [-0.39, 0.29) is 5.54 Å². The van der Waals surface area contributed by atoms with Crippen molar-refractivity contribution < 1.29 is 4.74 Å². The summed E-state index contributed by atoms with van der Waals surface area (Å²) >= 11 is 0. The van der Waals surface area contributed by atoms with Gasteiger partial charge in [-0.3, -0.25) is 0 Å². The molecule has 0 fully saturated rings. The van der Waals surface area contributed by atoms with E-state index >= 15 is 0 Å². The Morgan fingerprint density at radius 3 is 2.96 bits per heavy atom. The molecule has 2 heterocycles. The number of ether oxygens (including phenoxy) is 1. The third kappa shape index (κ3) is 2.40. The molecule has 0 saturated heterocycles. The highest BCUT2D eigenvalue weighted by Gasteiger charge is 2.40. The minimum absolute atomic E-state index is 0.280. The Hall–Kier alpha value is -2.94. The number of hydrogen-bond donors (Lipinski definition) is 1. The second-order valence-electron chi connectivity index (χ2n) is 5.91. The quantitative estimate of drug-likeness (QED) is 0.642. The number of aliphatic imine (C=N–C) groups is 1. The lowest BCUT2D eigenvalue weighted by molar-refractivity contribution is 0.233. The van der Waals surface area contributed by atoms with Gasteiger partial charge >= 0.3 is 0 Å². The molecule has 2 aromatic rings. The molecule has 1 N–H and O–H groups in total. The molecule has 6 heteroatoms. The number of amidine groups is 1. The standard InChI is InChI=1S/C17H15N5O/c18-10-21-16-22-17(9-23-16)5-4-12-2-1-3-14(15(12)6-17)13-7-19-11-20-8-13/h1-3,7-8,11H,4-6,9H2,(H,21,22). The number of nitrogens with zero attached hydrogens (tertiary/aromatic N) is 4. The monoisotopic (exact) mass is 305 g/mol. The van der Waals surface area contributed by atoms with Crippen molar-refractivity contribution in [1.29, 1.82) is 5.26 Å². The molecule has 1 atom stereocenters. The molecule has 4 rings (SSSR count). The Bertz CT molecular complexity index is 811. The van der Waals surface area contributed by atoms with Gasteiger partial charge in [-0.25, -0.2) is 20.3 Å². The maximum atomic E-state index is 8.73. The lowest BCUT2D eigenvalue weighted by Gasteiger charge is -2.31. The molecule has 1 spiro atoms. The smallest absolute Gasteiger partial charge is 0.298 e. The van der Waals surface area contributed by atoms with Crippen LogP contribution in [-0.4, -0.2) is 28.1 Å². The number of nitriles is 1. The summed E-state index contributed by atoms with van der Waals surface area (Å²) in [6, 6.07) is 6.68. The zero-order valence-electron chi connectivity index (χ0n) is 12.5. The predicted molar refractivity (Wildman–Crippen MR) is 84.4 cm³/mol. The Balaban J connectivity index is 1.74. The second kappa shape index (κ2) is 5.36. The summed E-state index contributed by atoms with van der Waals surface area (Å²) in [4.78, 5) is 12.9. The SMILES string of the molecule is N#CNC1=NC2(CCc3cccc(-c4cncnc4)c3C2)CO1. The van der Waals surface area contributed by atoms with Gasteiger partial charge < -0.3 is 4.74 Å². The van der Waals surface area contributed by atoms with Gasteiger partial charge in [-0.2, -0.15) is 5.26 Å². The van der Waals surface area contributed by atoms with Crippen LogP contribution in [0.3, 0.4) is 0 Å². The topological polar surface area (TPSA) is 83.2 Å². The van der Waals surface area contributed by atoms with Crippen molar-refractivity contribution in [3.63, 3.8) is 0 Å². The number of aryl methyl sites for hydroxylation is 1. The number of benzene rings is 1. The van der Waals surface area contributed by atoms with Gasteiger partial charge in [0.2, 0.25) is 0 Å². The number of aromatic nitrogens is 2. The molecule has 0 bridgehead atoms. The third-order valence-corrected chi connectivity index (χ3v) is 4.49. The lowest BCUT2D eigenvalue weighted by atomic mass is 9.76. The molecule has 0 saturated carbocycles. The molecule has 1 unspecified atom stereocenters. The molecule has 1 aromatic heterocycles. The zero-order chi connectivity index (χ0) is 15.7. The summed E-state index contributed by atoms with van der Waals surface area (Å²) in [6.07, 6.45) is 9.74. The van der Waals surface area contributed by atoms with Crippen LogP contribution in [0.15, 0.2) is 41.9 Å². The van der Waals surface area contributed by atoms with E-state index in [0.29, 0.717) is 12.6 Å². The lowest BCUT2D eigenvalue weighted by Crippen LogP contribution is -2.35. The van der Waals surface area contributed by atoms with Gasteiger partial charge in [0.05, 0.1) is 0 Å². The summed E-state index contributed by atoms with van der Waals surface area (Å²) in [5.41, 5.74) is 4.50. The zero-order valence-corrected chi connectivity index (χ0v) is 12.5. The van der Waals surface area contributed by atoms with Gasteiger partial charge in [-0.15, -0.1) is 0 Å². The number of hydrogen-bond acceptors (Lipinski definition) is 6. The van der Waals surface area contributed by atoms with Crippen LogP contribution in [0.4, 0.5) is 0 Å². The highest BCUT2D eigenvalue weighted by molar-refractivity contribution is 5.77. The molecule has 0 radical (unpaired) electrons. The first-order valence-corrected chi connectivity index (χ1v) is 7.54. The molecule has 6 nitrogen and oxygen atoms in total. The third-order valence-electron chi connectivity index (χ3n) is 4.49. The Morgan fingerprint density at radius 1 is 1.26 bits per heavy atom. The minimum atomic E-state index is -0.280. The van der Waals surface area contributed by atoms with E-state index in [1.165, 1.54) is 17.5 Å². The van der Waals surface area contributed by atoms with E-state index < -0.39 is 0 Å². The van der Waals surface area contributed by atoms with Crippen LogP contribution in [0.1, 0.15) is 17.5 Å². The molecule has 2 aliphatic rings. The van der Waals surface area contributed by atoms with Gasteiger partial charge in [0, 0.05) is 24.4 Å². The fraction of sp³-hybridized carbons (Fsp3) is 0.294. The van der Waals surface area contributed by atoms with Crippen LogP contribution in [0.25, 0.3) is 11.1 Å². The number of rotatable bonds is 1. The van der Waals surface area contributed by atoms with Crippen LogP contribution in [0.5, 0.6) is 0 Å². The highest BCUT2D eigenvalue weighted by atomic mass is 16.5. The van der Waals surface area contributed by atoms with Crippen molar-refractivity contribution in [1.82, 2.24) is 15.3 Å². The Labute approximate surface area is 133 Å². The van der Waals surface area contributed by atoms with Crippen molar-refractivity contribution in [2.75, 3.05) is 6.61 Å². The first-order chi connectivity index (χ1) is 11.3. The van der Waals surface area contributed by atoms with E-state index in [9.17, 15) is 0 Å². The predicted octanol–water partition coefficient (Wildman–Crippen LogP) is 1.83. The fourth-order valence-corrected chi connectivity index (χ4v) is 3.38. The van der Waals surface area contributed by atoms with Crippen LogP contribution >= 0.6 is 0 Å². The Kier molecular flexibility index (Phi) is 3.19. The number of fused-ring (bicyclic) bond motifs is 1. The van der Waals surface area contributed by atoms with E-state index in [0.717, 1.165) is 30.4 Å². The summed E-state index contributed by atoms with van der Waals surface area (Å²) in [6.45, 7) is 0.510. The van der Waals surface area contributed by atoms with E-state index in [1.807, 2.05) is 18.6 Å². The van der Waals surface area contributed by atoms with Crippen LogP contribution in [0.2, 0.25) is 0 Å². The summed E-state index contributed by atoms with van der Waals surface area (Å²) in [7, 11) is 0. The molecule has 0 amide bonds. The average Bonchev–Trinajstić information content (AvgIpc) is 2.98. The van der Waals surface area contributed by atoms with Gasteiger partial charge in [0.1, 0.15) is 18.5 Å². The number of nitrogens with one attached hydrogen (secondary N) is 1. The van der Waals surface area contributed by atoms with Crippen LogP contribution in [0, 0.1) is 11.5 Å². The normalized spacial score (nSPS) is 22.0.